The quantitative estimate of drug-likeness (QED) is 0.0359. The van der Waals surface area contributed by atoms with Crippen LogP contribution >= 0.6 is 0 Å². The molecule has 0 atom stereocenters. The second kappa shape index (κ2) is 23.7. The molecule has 0 bridgehead atoms. The minimum absolute atomic E-state index is 0.0429. The lowest BCUT2D eigenvalue weighted by Crippen LogP contribution is -2.34. The van der Waals surface area contributed by atoms with E-state index in [9.17, 15) is 32.3 Å². The number of amides is 2. The number of hydrogen-bond donors (Lipinski definition) is 2. The molecular weight excluding hydrogens is 833 g/mol. The number of alkyl carbamates (subject to hydrolysis) is 1. The number of carbonyl (C=O) groups excluding carboxylic acids is 4. The molecule has 2 aliphatic rings. The molecule has 0 radical (unpaired) electrons. The van der Waals surface area contributed by atoms with Gasteiger partial charge in [0.1, 0.15) is 31.0 Å². The SMILES string of the molecule is CN(C)c1ccc2c(-c3cc(C(=O)NCCOCCOCCOCCOCCOCCNC(=O)OC(C)(C)C)ccc3C(=O)OC(=O)C(F)(F)F)c3ccc(=[N+](C)C)cc-3oc2c1. The van der Waals surface area contributed by atoms with E-state index in [2.05, 4.69) is 15.4 Å². The zero-order valence-electron chi connectivity index (χ0n) is 36.6. The van der Waals surface area contributed by atoms with E-state index in [-0.39, 0.29) is 43.1 Å². The van der Waals surface area contributed by atoms with E-state index in [1.165, 1.54) is 12.1 Å². The Hall–Kier alpha value is -5.60. The van der Waals surface area contributed by atoms with Gasteiger partial charge in [0.05, 0.1) is 77.7 Å². The van der Waals surface area contributed by atoms with Crippen molar-refractivity contribution < 1.29 is 69.9 Å². The highest BCUT2D eigenvalue weighted by Crippen LogP contribution is 2.42. The molecule has 1 aliphatic carbocycles. The summed E-state index contributed by atoms with van der Waals surface area (Å²) in [5, 5.41) is 6.62. The van der Waals surface area contributed by atoms with Crippen molar-refractivity contribution >= 4 is 40.6 Å². The van der Waals surface area contributed by atoms with Gasteiger partial charge < -0.3 is 53.1 Å². The summed E-state index contributed by atoms with van der Waals surface area (Å²) in [6, 6.07) is 14.4. The molecule has 2 aromatic carbocycles. The number of carbonyl (C=O) groups is 4. The molecule has 0 fully saturated rings. The molecule has 344 valence electrons. The van der Waals surface area contributed by atoms with Crippen molar-refractivity contribution in [3.63, 3.8) is 0 Å². The molecule has 4 rings (SSSR count). The molecule has 0 saturated heterocycles. The van der Waals surface area contributed by atoms with E-state index in [1.807, 2.05) is 37.7 Å². The Bertz CT molecular complexity index is 2220. The van der Waals surface area contributed by atoms with E-state index >= 15 is 0 Å². The van der Waals surface area contributed by atoms with Gasteiger partial charge in [-0.25, -0.2) is 19.0 Å². The Morgan fingerprint density at radius 3 is 1.81 bits per heavy atom. The van der Waals surface area contributed by atoms with Crippen LogP contribution in [0.15, 0.2) is 59.0 Å². The van der Waals surface area contributed by atoms with Gasteiger partial charge in [-0.1, -0.05) is 0 Å². The van der Waals surface area contributed by atoms with Crippen LogP contribution in [0.2, 0.25) is 0 Å². The zero-order chi connectivity index (χ0) is 46.2. The van der Waals surface area contributed by atoms with Gasteiger partial charge in [0.15, 0.2) is 0 Å². The Morgan fingerprint density at radius 2 is 1.27 bits per heavy atom. The number of benzene rings is 3. The van der Waals surface area contributed by atoms with Crippen LogP contribution in [0.3, 0.4) is 0 Å². The van der Waals surface area contributed by atoms with Gasteiger partial charge in [0, 0.05) is 67.1 Å². The Morgan fingerprint density at radius 1 is 0.698 bits per heavy atom. The smallest absolute Gasteiger partial charge is 0.456 e. The first-order valence-electron chi connectivity index (χ1n) is 20.2. The predicted molar refractivity (Wildman–Crippen MR) is 227 cm³/mol. The highest BCUT2D eigenvalue weighted by atomic mass is 19.4. The molecule has 16 nitrogen and oxygen atoms in total. The van der Waals surface area contributed by atoms with Crippen molar-refractivity contribution in [1.82, 2.24) is 15.2 Å². The van der Waals surface area contributed by atoms with E-state index < -0.39 is 35.7 Å². The average Bonchev–Trinajstić information content (AvgIpc) is 3.21. The largest absolute Gasteiger partial charge is 0.491 e. The number of nitrogens with one attached hydrogen (secondary N) is 2. The van der Waals surface area contributed by atoms with E-state index in [1.54, 1.807) is 57.2 Å². The summed E-state index contributed by atoms with van der Waals surface area (Å²) in [6.45, 7) is 8.96. The van der Waals surface area contributed by atoms with E-state index in [4.69, 9.17) is 32.8 Å². The van der Waals surface area contributed by atoms with Crippen LogP contribution in [0.1, 0.15) is 41.5 Å². The van der Waals surface area contributed by atoms with Crippen molar-refractivity contribution in [3.8, 4) is 22.5 Å². The maximum atomic E-state index is 13.4. The van der Waals surface area contributed by atoms with Gasteiger partial charge >= 0.3 is 24.2 Å². The first-order chi connectivity index (χ1) is 29.9. The van der Waals surface area contributed by atoms with Crippen molar-refractivity contribution in [1.29, 1.82) is 0 Å². The lowest BCUT2D eigenvalue weighted by molar-refractivity contribution is -0.193. The Balaban J connectivity index is 1.29. The van der Waals surface area contributed by atoms with Crippen molar-refractivity contribution in [2.45, 2.75) is 32.5 Å². The summed E-state index contributed by atoms with van der Waals surface area (Å²) >= 11 is 0. The number of alkyl halides is 3. The standard InChI is InChI=1S/C44H55F3N4O12/c1-43(2,3)63-42(55)49-15-17-57-19-21-59-23-25-60-24-22-58-20-18-56-16-14-48-39(52)29-8-11-32(40(53)62-41(54)44(45,46)47)35(26-29)38-33-12-9-30(50(4)5)27-36(33)61-37-28-31(51(6)7)10-13-34(37)38/h8-13,26-28H,14-25H2,1-7H3,(H-,48,49,52,55)/p+1. The highest BCUT2D eigenvalue weighted by Gasteiger charge is 2.43. The summed E-state index contributed by atoms with van der Waals surface area (Å²) in [7, 11) is 7.38. The van der Waals surface area contributed by atoms with Crippen LogP contribution in [-0.4, -0.2) is 143 Å². The van der Waals surface area contributed by atoms with Gasteiger partial charge in [0.25, 0.3) is 5.91 Å². The van der Waals surface area contributed by atoms with Gasteiger partial charge in [-0.15, -0.1) is 0 Å². The average molecular weight is 890 g/mol. The lowest BCUT2D eigenvalue weighted by atomic mass is 9.89. The van der Waals surface area contributed by atoms with E-state index in [0.717, 1.165) is 17.1 Å². The molecule has 0 aromatic heterocycles. The zero-order valence-corrected chi connectivity index (χ0v) is 36.6. The second-order valence-corrected chi connectivity index (χ2v) is 15.3. The fourth-order valence-corrected chi connectivity index (χ4v) is 5.84. The summed E-state index contributed by atoms with van der Waals surface area (Å²) < 4.78 is 84.6. The number of hydrogen-bond acceptors (Lipinski definition) is 13. The molecule has 2 amide bonds. The van der Waals surface area contributed by atoms with Crippen molar-refractivity contribution in [2.75, 3.05) is 112 Å². The third kappa shape index (κ3) is 15.9. The van der Waals surface area contributed by atoms with Crippen molar-refractivity contribution in [3.05, 3.63) is 71.1 Å². The maximum absolute atomic E-state index is 13.4. The fraction of sp³-hybridized carbons (Fsp3) is 0.477. The molecule has 0 saturated carbocycles. The number of ether oxygens (including phenoxy) is 7. The van der Waals surface area contributed by atoms with Crippen LogP contribution in [0.25, 0.3) is 33.4 Å². The normalized spacial score (nSPS) is 11.7. The molecule has 2 N–H and O–H groups in total. The highest BCUT2D eigenvalue weighted by molar-refractivity contribution is 6.11. The van der Waals surface area contributed by atoms with Crippen LogP contribution < -0.4 is 25.5 Å². The third-order valence-electron chi connectivity index (χ3n) is 8.84. The molecular formula is C44H56F3N4O12+. The monoisotopic (exact) mass is 889 g/mol. The molecule has 19 heteroatoms. The van der Waals surface area contributed by atoms with Crippen LogP contribution in [-0.2, 0) is 38.0 Å². The number of anilines is 1. The molecule has 2 aromatic rings. The fourth-order valence-electron chi connectivity index (χ4n) is 5.84. The molecule has 63 heavy (non-hydrogen) atoms. The minimum Gasteiger partial charge on any atom is -0.456 e. The molecule has 1 aliphatic heterocycles. The summed E-state index contributed by atoms with van der Waals surface area (Å²) in [4.78, 5) is 51.9. The number of fused-ring (bicyclic) bond motifs is 2. The molecule has 0 unspecified atom stereocenters. The first kappa shape index (κ1) is 50.0. The third-order valence-corrected chi connectivity index (χ3v) is 8.84. The summed E-state index contributed by atoms with van der Waals surface area (Å²) in [6.07, 6.45) is -5.92. The first-order valence-corrected chi connectivity index (χ1v) is 20.2. The van der Waals surface area contributed by atoms with Gasteiger partial charge in [-0.05, 0) is 62.7 Å². The number of halogens is 3. The molecule has 0 spiro atoms. The Kier molecular flexibility index (Phi) is 18.9. The maximum Gasteiger partial charge on any atom is 0.491 e. The van der Waals surface area contributed by atoms with E-state index in [0.29, 0.717) is 80.6 Å². The summed E-state index contributed by atoms with van der Waals surface area (Å²) in [5.41, 5.74) is 1.21. The predicted octanol–water partition coefficient (Wildman–Crippen LogP) is 4.89. The van der Waals surface area contributed by atoms with Crippen molar-refractivity contribution in [2.24, 2.45) is 0 Å². The van der Waals surface area contributed by atoms with Crippen LogP contribution in [0.4, 0.5) is 23.7 Å². The molecule has 1 heterocycles. The topological polar surface area (TPSA) is 176 Å². The Labute approximate surface area is 363 Å². The second-order valence-electron chi connectivity index (χ2n) is 15.3. The summed E-state index contributed by atoms with van der Waals surface area (Å²) in [5.74, 6) is -4.38. The minimum atomic E-state index is -5.42. The van der Waals surface area contributed by atoms with Gasteiger partial charge in [-0.2, -0.15) is 13.2 Å². The van der Waals surface area contributed by atoms with Crippen LogP contribution in [0.5, 0.6) is 0 Å². The number of esters is 2. The van der Waals surface area contributed by atoms with Gasteiger partial charge in [-0.3, -0.25) is 4.79 Å². The lowest BCUT2D eigenvalue weighted by Gasteiger charge is -2.20. The van der Waals surface area contributed by atoms with Gasteiger partial charge in [0.2, 0.25) is 5.36 Å². The number of rotatable bonds is 22. The number of nitrogens with zero attached hydrogens (tertiary/aromatic N) is 2. The van der Waals surface area contributed by atoms with Crippen LogP contribution in [0, 0.1) is 0 Å².